The molecule has 0 bridgehead atoms. The van der Waals surface area contributed by atoms with Gasteiger partial charge in [0, 0.05) is 12.1 Å². The van der Waals surface area contributed by atoms with Crippen molar-refractivity contribution in [2.75, 3.05) is 20.7 Å². The Morgan fingerprint density at radius 3 is 2.25 bits per heavy atom. The van der Waals surface area contributed by atoms with Crippen LogP contribution in [0.5, 0.6) is 0 Å². The maximum Gasteiger partial charge on any atom is 0.325 e. The summed E-state index contributed by atoms with van der Waals surface area (Å²) in [6.07, 6.45) is 1.66. The Bertz CT molecular complexity index is 237. The fraction of sp³-hybridized carbons (Fsp3) is 0.917. The second kappa shape index (κ2) is 5.64. The highest BCUT2D eigenvalue weighted by molar-refractivity contribution is 5.79. The first-order valence-electron chi connectivity index (χ1n) is 5.76. The van der Waals surface area contributed by atoms with Gasteiger partial charge in [0.2, 0.25) is 0 Å². The molecule has 0 aliphatic carbocycles. The molecular weight excluding hydrogens is 204 g/mol. The van der Waals surface area contributed by atoms with Crippen LogP contribution in [0.25, 0.3) is 0 Å². The molecule has 0 spiro atoms. The monoisotopic (exact) mass is 230 g/mol. The number of esters is 1. The maximum absolute atomic E-state index is 11.4. The van der Waals surface area contributed by atoms with E-state index >= 15 is 0 Å². The van der Waals surface area contributed by atoms with Gasteiger partial charge in [0.05, 0.1) is 7.11 Å². The summed E-state index contributed by atoms with van der Waals surface area (Å²) in [5.41, 5.74) is 5.14. The molecule has 2 N–H and O–H groups in total. The average Bonchev–Trinajstić information content (AvgIpc) is 2.24. The largest absolute Gasteiger partial charge is 0.468 e. The van der Waals surface area contributed by atoms with E-state index in [-0.39, 0.29) is 11.5 Å². The number of carbonyl (C=O) groups excluding carboxylic acids is 1. The lowest BCUT2D eigenvalue weighted by Crippen LogP contribution is -2.50. The van der Waals surface area contributed by atoms with Crippen LogP contribution < -0.4 is 5.73 Å². The SMILES string of the molecule is CCC(C)(C)N(C)CCC(C)(N)C(=O)OC. The van der Waals surface area contributed by atoms with Crippen LogP contribution in [0, 0.1) is 0 Å². The predicted octanol–water partition coefficient (Wildman–Crippen LogP) is 1.39. The highest BCUT2D eigenvalue weighted by Crippen LogP contribution is 2.18. The summed E-state index contributed by atoms with van der Waals surface area (Å²) < 4.78 is 4.68. The highest BCUT2D eigenvalue weighted by atomic mass is 16.5. The van der Waals surface area contributed by atoms with Crippen molar-refractivity contribution < 1.29 is 9.53 Å². The van der Waals surface area contributed by atoms with E-state index in [1.165, 1.54) is 7.11 Å². The van der Waals surface area contributed by atoms with Gasteiger partial charge in [0.15, 0.2) is 0 Å². The Morgan fingerprint density at radius 1 is 1.38 bits per heavy atom. The lowest BCUT2D eigenvalue weighted by molar-refractivity contribution is -0.146. The minimum absolute atomic E-state index is 0.131. The predicted molar refractivity (Wildman–Crippen MR) is 66.2 cm³/mol. The Morgan fingerprint density at radius 2 is 1.88 bits per heavy atom. The van der Waals surface area contributed by atoms with Crippen molar-refractivity contribution >= 4 is 5.97 Å². The van der Waals surface area contributed by atoms with Gasteiger partial charge in [-0.2, -0.15) is 0 Å². The van der Waals surface area contributed by atoms with Gasteiger partial charge < -0.3 is 15.4 Å². The third-order valence-corrected chi connectivity index (χ3v) is 3.52. The molecule has 0 heterocycles. The molecule has 1 atom stereocenters. The number of hydrogen-bond donors (Lipinski definition) is 1. The van der Waals surface area contributed by atoms with Gasteiger partial charge >= 0.3 is 5.97 Å². The second-order valence-corrected chi connectivity index (χ2v) is 5.25. The molecule has 4 nitrogen and oxygen atoms in total. The van der Waals surface area contributed by atoms with Gasteiger partial charge in [0.1, 0.15) is 5.54 Å². The smallest absolute Gasteiger partial charge is 0.325 e. The van der Waals surface area contributed by atoms with Crippen molar-refractivity contribution in [1.82, 2.24) is 4.90 Å². The van der Waals surface area contributed by atoms with Crippen LogP contribution >= 0.6 is 0 Å². The lowest BCUT2D eigenvalue weighted by atomic mass is 9.95. The summed E-state index contributed by atoms with van der Waals surface area (Å²) in [6.45, 7) is 9.00. The minimum atomic E-state index is -0.896. The van der Waals surface area contributed by atoms with Gasteiger partial charge in [-0.25, -0.2) is 0 Å². The minimum Gasteiger partial charge on any atom is -0.468 e. The first-order valence-corrected chi connectivity index (χ1v) is 5.76. The molecule has 0 rings (SSSR count). The molecule has 0 saturated carbocycles. The van der Waals surface area contributed by atoms with E-state index < -0.39 is 5.54 Å². The van der Waals surface area contributed by atoms with Crippen LogP contribution in [0.3, 0.4) is 0 Å². The molecule has 0 fully saturated rings. The van der Waals surface area contributed by atoms with Crippen LogP contribution in [0.4, 0.5) is 0 Å². The van der Waals surface area contributed by atoms with Crippen LogP contribution in [-0.4, -0.2) is 42.6 Å². The zero-order valence-corrected chi connectivity index (χ0v) is 11.5. The van der Waals surface area contributed by atoms with E-state index in [0.29, 0.717) is 6.42 Å². The Balaban J connectivity index is 4.30. The molecule has 1 unspecified atom stereocenters. The molecule has 0 radical (unpaired) electrons. The summed E-state index contributed by atoms with van der Waals surface area (Å²) in [7, 11) is 3.42. The lowest BCUT2D eigenvalue weighted by Gasteiger charge is -2.36. The summed E-state index contributed by atoms with van der Waals surface area (Å²) >= 11 is 0. The maximum atomic E-state index is 11.4. The topological polar surface area (TPSA) is 55.6 Å². The number of hydrogen-bond acceptors (Lipinski definition) is 4. The Labute approximate surface area is 99.1 Å². The van der Waals surface area contributed by atoms with Crippen LogP contribution in [0.2, 0.25) is 0 Å². The zero-order chi connectivity index (χ0) is 13.0. The van der Waals surface area contributed by atoms with Crippen molar-refractivity contribution in [1.29, 1.82) is 0 Å². The number of carbonyl (C=O) groups is 1. The Hall–Kier alpha value is -0.610. The van der Waals surface area contributed by atoms with E-state index in [1.54, 1.807) is 6.92 Å². The summed E-state index contributed by atoms with van der Waals surface area (Å²) in [5, 5.41) is 0. The van der Waals surface area contributed by atoms with Gasteiger partial charge in [-0.05, 0) is 40.7 Å². The van der Waals surface area contributed by atoms with Crippen LogP contribution in [0.1, 0.15) is 40.5 Å². The van der Waals surface area contributed by atoms with Crippen molar-refractivity contribution in [3.63, 3.8) is 0 Å². The van der Waals surface area contributed by atoms with E-state index in [0.717, 1.165) is 13.0 Å². The molecule has 0 aliphatic heterocycles. The van der Waals surface area contributed by atoms with E-state index in [9.17, 15) is 4.79 Å². The molecular formula is C12H26N2O2. The molecule has 0 aromatic carbocycles. The molecule has 0 aromatic rings. The normalized spacial score (nSPS) is 16.0. The van der Waals surface area contributed by atoms with Crippen LogP contribution in [-0.2, 0) is 9.53 Å². The van der Waals surface area contributed by atoms with E-state index in [1.807, 2.05) is 0 Å². The molecule has 96 valence electrons. The van der Waals surface area contributed by atoms with E-state index in [2.05, 4.69) is 37.5 Å². The highest BCUT2D eigenvalue weighted by Gasteiger charge is 2.31. The summed E-state index contributed by atoms with van der Waals surface area (Å²) in [4.78, 5) is 13.6. The third-order valence-electron chi connectivity index (χ3n) is 3.52. The van der Waals surface area contributed by atoms with Crippen molar-refractivity contribution in [2.24, 2.45) is 5.73 Å². The van der Waals surface area contributed by atoms with Gasteiger partial charge in [-0.15, -0.1) is 0 Å². The van der Waals surface area contributed by atoms with Crippen LogP contribution in [0.15, 0.2) is 0 Å². The fourth-order valence-electron chi connectivity index (χ4n) is 1.31. The standard InChI is InChI=1S/C12H26N2O2/c1-7-11(2,3)14(5)9-8-12(4,13)10(15)16-6/h7-9,13H2,1-6H3. The van der Waals surface area contributed by atoms with Crippen molar-refractivity contribution in [3.8, 4) is 0 Å². The Kier molecular flexibility index (Phi) is 5.42. The number of ether oxygens (including phenoxy) is 1. The molecule has 0 aliphatic rings. The molecule has 4 heteroatoms. The number of nitrogens with zero attached hydrogens (tertiary/aromatic N) is 1. The first-order chi connectivity index (χ1) is 7.17. The van der Waals surface area contributed by atoms with Crippen molar-refractivity contribution in [3.05, 3.63) is 0 Å². The summed E-state index contributed by atoms with van der Waals surface area (Å²) in [5.74, 6) is -0.352. The number of nitrogens with two attached hydrogens (primary N) is 1. The second-order valence-electron chi connectivity index (χ2n) is 5.25. The molecule has 0 saturated heterocycles. The first kappa shape index (κ1) is 15.4. The zero-order valence-electron chi connectivity index (χ0n) is 11.5. The number of methoxy groups -OCH3 is 1. The quantitative estimate of drug-likeness (QED) is 0.701. The molecule has 0 aromatic heterocycles. The number of rotatable bonds is 6. The third kappa shape index (κ3) is 4.10. The van der Waals surface area contributed by atoms with Gasteiger partial charge in [-0.1, -0.05) is 6.92 Å². The molecule has 0 amide bonds. The van der Waals surface area contributed by atoms with E-state index in [4.69, 9.17) is 5.73 Å². The van der Waals surface area contributed by atoms with Crippen molar-refractivity contribution in [2.45, 2.75) is 51.6 Å². The fourth-order valence-corrected chi connectivity index (χ4v) is 1.31. The average molecular weight is 230 g/mol. The molecule has 16 heavy (non-hydrogen) atoms. The van der Waals surface area contributed by atoms with Gasteiger partial charge in [-0.3, -0.25) is 4.79 Å². The summed E-state index contributed by atoms with van der Waals surface area (Å²) in [6, 6.07) is 0. The van der Waals surface area contributed by atoms with Gasteiger partial charge in [0.25, 0.3) is 0 Å².